The average molecular weight is 398 g/mol. The van der Waals surface area contributed by atoms with Gasteiger partial charge in [-0.3, -0.25) is 0 Å². The molecule has 0 radical (unpaired) electrons. The van der Waals surface area contributed by atoms with Gasteiger partial charge in [-0.05, 0) is 0 Å². The number of benzene rings is 4. The Morgan fingerprint density at radius 2 is 0.828 bits per heavy atom. The fraction of sp³-hybridized carbons (Fsp3) is 0.111. The molecule has 0 aliphatic heterocycles. The molecule has 0 unspecified atom stereocenters. The number of phenols is 1. The van der Waals surface area contributed by atoms with Crippen LogP contribution in [0.25, 0.3) is 0 Å². The summed E-state index contributed by atoms with van der Waals surface area (Å²) < 4.78 is 0. The normalized spacial score (nSPS) is 12.0. The molecule has 4 aromatic rings. The van der Waals surface area contributed by atoms with Gasteiger partial charge >= 0.3 is 174 Å². The molecule has 29 heavy (non-hydrogen) atoms. The molecule has 0 saturated heterocycles. The Morgan fingerprint density at radius 1 is 0.483 bits per heavy atom. The Labute approximate surface area is 174 Å². The molecule has 0 spiro atoms. The molecule has 4 rings (SSSR count). The third kappa shape index (κ3) is 3.48. The molecule has 0 saturated carbocycles. The van der Waals surface area contributed by atoms with Gasteiger partial charge in [0.15, 0.2) is 0 Å². The van der Waals surface area contributed by atoms with Crippen LogP contribution in [-0.2, 0) is 0 Å². The van der Waals surface area contributed by atoms with E-state index >= 15 is 0 Å². The summed E-state index contributed by atoms with van der Waals surface area (Å²) >= 11 is 0. The molecule has 0 fully saturated rings. The van der Waals surface area contributed by atoms with Crippen molar-refractivity contribution in [3.8, 4) is 5.75 Å². The molecule has 146 valence electrons. The van der Waals surface area contributed by atoms with Crippen LogP contribution in [0.2, 0.25) is 0 Å². The number of para-hydroxylation sites is 1. The van der Waals surface area contributed by atoms with Crippen LogP contribution in [0.15, 0.2) is 97.1 Å². The first kappa shape index (κ1) is 19.4. The van der Waals surface area contributed by atoms with E-state index in [1.54, 1.807) is 0 Å². The molecule has 0 heterocycles. The monoisotopic (exact) mass is 398 g/mol. The SMILES string of the molecule is Cc1ccc([PH](c2ccc(C)cc2)(c2ccc(C)cc2)c2ccccc2O)cc1. The third-order valence-electron chi connectivity index (χ3n) is 5.76. The van der Waals surface area contributed by atoms with Gasteiger partial charge in [-0.15, -0.1) is 0 Å². The van der Waals surface area contributed by atoms with Crippen LogP contribution >= 0.6 is 7.26 Å². The van der Waals surface area contributed by atoms with Gasteiger partial charge in [0.2, 0.25) is 0 Å². The van der Waals surface area contributed by atoms with Gasteiger partial charge in [-0.2, -0.15) is 0 Å². The number of rotatable bonds is 4. The Bertz CT molecular complexity index is 1000. The number of aromatic hydroxyl groups is 1. The van der Waals surface area contributed by atoms with Gasteiger partial charge in [-0.25, -0.2) is 0 Å². The number of hydrogen-bond donors (Lipinski definition) is 1. The van der Waals surface area contributed by atoms with Crippen molar-refractivity contribution < 1.29 is 5.11 Å². The molecule has 0 aliphatic rings. The fourth-order valence-electron chi connectivity index (χ4n) is 4.17. The first-order chi connectivity index (χ1) is 14.0. The molecule has 1 N–H and O–H groups in total. The van der Waals surface area contributed by atoms with Gasteiger partial charge in [-0.1, -0.05) is 0 Å². The fourth-order valence-corrected chi connectivity index (χ4v) is 8.91. The van der Waals surface area contributed by atoms with E-state index in [1.165, 1.54) is 32.6 Å². The summed E-state index contributed by atoms with van der Waals surface area (Å²) in [5, 5.41) is 15.9. The summed E-state index contributed by atoms with van der Waals surface area (Å²) in [4.78, 5) is 0. The van der Waals surface area contributed by atoms with Crippen molar-refractivity contribution in [2.24, 2.45) is 0 Å². The van der Waals surface area contributed by atoms with Crippen LogP contribution in [0.4, 0.5) is 0 Å². The number of aryl methyl sites for hydroxylation is 3. The first-order valence-corrected chi connectivity index (χ1v) is 12.0. The minimum absolute atomic E-state index is 0.362. The summed E-state index contributed by atoms with van der Waals surface area (Å²) in [5.41, 5.74) is 3.71. The van der Waals surface area contributed by atoms with Crippen LogP contribution in [0.1, 0.15) is 16.7 Å². The molecule has 2 heteroatoms. The van der Waals surface area contributed by atoms with Crippen LogP contribution in [-0.4, -0.2) is 5.11 Å². The molecule has 0 amide bonds. The van der Waals surface area contributed by atoms with Crippen molar-refractivity contribution in [2.45, 2.75) is 20.8 Å². The van der Waals surface area contributed by atoms with Gasteiger partial charge in [0.25, 0.3) is 0 Å². The van der Waals surface area contributed by atoms with E-state index in [9.17, 15) is 5.11 Å². The average Bonchev–Trinajstić information content (AvgIpc) is 2.73. The van der Waals surface area contributed by atoms with E-state index in [2.05, 4.69) is 99.6 Å². The Kier molecular flexibility index (Phi) is 5.26. The van der Waals surface area contributed by atoms with E-state index in [-0.39, 0.29) is 0 Å². The van der Waals surface area contributed by atoms with E-state index in [1.807, 2.05) is 18.2 Å². The molecule has 1 nitrogen and oxygen atoms in total. The first-order valence-electron chi connectivity index (χ1n) is 10.0. The molecule has 4 aromatic carbocycles. The zero-order valence-corrected chi connectivity index (χ0v) is 18.2. The van der Waals surface area contributed by atoms with E-state index in [4.69, 9.17) is 0 Å². The van der Waals surface area contributed by atoms with Crippen molar-refractivity contribution in [1.29, 1.82) is 0 Å². The molecule has 0 aliphatic carbocycles. The number of phenolic OH excluding ortho intramolecular Hbond substituents is 1. The van der Waals surface area contributed by atoms with Crippen molar-refractivity contribution in [3.05, 3.63) is 114 Å². The summed E-state index contributed by atoms with van der Waals surface area (Å²) in [5.74, 6) is 0.362. The zero-order valence-electron chi connectivity index (χ0n) is 17.2. The quantitative estimate of drug-likeness (QED) is 0.496. The topological polar surface area (TPSA) is 20.2 Å². The van der Waals surface area contributed by atoms with Crippen LogP contribution in [0.5, 0.6) is 5.75 Å². The predicted molar refractivity (Wildman–Crippen MR) is 128 cm³/mol. The minimum atomic E-state index is -2.66. The van der Waals surface area contributed by atoms with E-state index in [0.717, 1.165) is 5.30 Å². The zero-order chi connectivity index (χ0) is 20.4. The molecule has 0 atom stereocenters. The molecular formula is C27H27OP. The predicted octanol–water partition coefficient (Wildman–Crippen LogP) is 4.67. The second-order valence-corrected chi connectivity index (χ2v) is 11.6. The van der Waals surface area contributed by atoms with Crippen molar-refractivity contribution >= 4 is 28.5 Å². The van der Waals surface area contributed by atoms with Crippen molar-refractivity contribution in [1.82, 2.24) is 0 Å². The molecule has 0 bridgehead atoms. The standard InChI is InChI=1S/C27H27OP/c1-20-8-14-23(15-9-20)29(24-16-10-21(2)11-17-24,25-18-12-22(3)13-19-25)27-7-5-4-6-26(27)28/h4-19,28-29H,1-3H3. The van der Waals surface area contributed by atoms with E-state index < -0.39 is 7.26 Å². The summed E-state index contributed by atoms with van der Waals surface area (Å²) in [6.07, 6.45) is 0. The maximum atomic E-state index is 11.0. The Morgan fingerprint density at radius 3 is 1.17 bits per heavy atom. The van der Waals surface area contributed by atoms with Gasteiger partial charge in [0.05, 0.1) is 0 Å². The Hall–Kier alpha value is -2.89. The summed E-state index contributed by atoms with van der Waals surface area (Å²) in [6, 6.07) is 34.4. The van der Waals surface area contributed by atoms with E-state index in [0.29, 0.717) is 5.75 Å². The molecule has 0 aromatic heterocycles. The second kappa shape index (κ2) is 7.85. The van der Waals surface area contributed by atoms with Gasteiger partial charge in [0, 0.05) is 0 Å². The second-order valence-electron chi connectivity index (χ2n) is 7.87. The van der Waals surface area contributed by atoms with Crippen molar-refractivity contribution in [3.63, 3.8) is 0 Å². The number of hydrogen-bond acceptors (Lipinski definition) is 1. The maximum absolute atomic E-state index is 11.0. The summed E-state index contributed by atoms with van der Waals surface area (Å²) in [6.45, 7) is 6.35. The van der Waals surface area contributed by atoms with Gasteiger partial charge < -0.3 is 0 Å². The third-order valence-corrected chi connectivity index (χ3v) is 10.6. The van der Waals surface area contributed by atoms with Crippen LogP contribution in [0.3, 0.4) is 0 Å². The van der Waals surface area contributed by atoms with Crippen molar-refractivity contribution in [2.75, 3.05) is 0 Å². The van der Waals surface area contributed by atoms with Crippen LogP contribution < -0.4 is 21.2 Å². The molecular weight excluding hydrogens is 371 g/mol. The Balaban J connectivity index is 2.15. The summed E-state index contributed by atoms with van der Waals surface area (Å²) in [7, 11) is -2.66. The van der Waals surface area contributed by atoms with Crippen LogP contribution in [0, 0.1) is 20.8 Å². The van der Waals surface area contributed by atoms with Gasteiger partial charge in [0.1, 0.15) is 0 Å².